The van der Waals surface area contributed by atoms with Gasteiger partial charge in [0.15, 0.2) is 0 Å². The number of ether oxygens (including phenoxy) is 1. The third kappa shape index (κ3) is 6.03. The molecule has 2 aliphatic rings. The molecule has 2 atom stereocenters. The molecule has 4 aromatic carbocycles. The number of carboxylic acid groups (broad SMARTS) is 1. The number of hydrogen-bond acceptors (Lipinski definition) is 5. The summed E-state index contributed by atoms with van der Waals surface area (Å²) in [5.74, 6) is 7.95. The molecule has 2 amide bonds. The van der Waals surface area contributed by atoms with Crippen LogP contribution < -0.4 is 0 Å². The van der Waals surface area contributed by atoms with E-state index in [9.17, 15) is 14.7 Å². The molecule has 10 heteroatoms. The first-order chi connectivity index (χ1) is 24.4. The van der Waals surface area contributed by atoms with Crippen LogP contribution in [0.3, 0.4) is 0 Å². The van der Waals surface area contributed by atoms with Gasteiger partial charge in [0.25, 0.3) is 0 Å². The highest BCUT2D eigenvalue weighted by atomic mass is 16.6. The summed E-state index contributed by atoms with van der Waals surface area (Å²) >= 11 is 0. The number of likely N-dealkylation sites (tertiary alicyclic amines) is 2. The molecule has 0 spiro atoms. The molecule has 2 saturated heterocycles. The van der Waals surface area contributed by atoms with Gasteiger partial charge in [-0.1, -0.05) is 72.5 Å². The summed E-state index contributed by atoms with van der Waals surface area (Å²) in [6, 6.07) is 31.2. The lowest BCUT2D eigenvalue weighted by molar-refractivity contribution is 0.0909. The molecule has 0 saturated carbocycles. The van der Waals surface area contributed by atoms with Crippen LogP contribution >= 0.6 is 0 Å². The maximum Gasteiger partial charge on any atom is 0.410 e. The Kier molecular flexibility index (Phi) is 8.17. The van der Waals surface area contributed by atoms with Gasteiger partial charge in [0.05, 0.1) is 28.1 Å². The Bertz CT molecular complexity index is 2250. The number of carbonyl (C=O) groups excluding carboxylic acids is 1. The van der Waals surface area contributed by atoms with Gasteiger partial charge in [0.1, 0.15) is 23.8 Å². The van der Waals surface area contributed by atoms with E-state index in [4.69, 9.17) is 14.7 Å². The Morgan fingerprint density at radius 2 is 1.56 bits per heavy atom. The summed E-state index contributed by atoms with van der Waals surface area (Å²) < 4.78 is 5.62. The second kappa shape index (κ2) is 13.1. The molecular weight excluding hydrogens is 628 g/mol. The lowest BCUT2D eigenvalue weighted by Crippen LogP contribution is -2.46. The second-order valence-corrected chi connectivity index (χ2v) is 13.0. The number of amides is 2. The predicted octanol–water partition coefficient (Wildman–Crippen LogP) is 7.52. The van der Waals surface area contributed by atoms with Crippen LogP contribution in [0.4, 0.5) is 9.59 Å². The zero-order valence-corrected chi connectivity index (χ0v) is 27.4. The summed E-state index contributed by atoms with van der Waals surface area (Å²) in [5, 5.41) is 10.1. The average Bonchev–Trinajstić information content (AvgIpc) is 3.95. The molecule has 250 valence electrons. The Balaban J connectivity index is 1.01. The fraction of sp³-hybridized carbons (Fsp3) is 0.250. The van der Waals surface area contributed by atoms with Gasteiger partial charge in [-0.15, -0.1) is 0 Å². The normalized spacial score (nSPS) is 18.8. The lowest BCUT2D eigenvalue weighted by Gasteiger charge is -2.35. The second-order valence-electron chi connectivity index (χ2n) is 13.0. The highest BCUT2D eigenvalue weighted by Crippen LogP contribution is 2.41. The highest BCUT2D eigenvalue weighted by molar-refractivity contribution is 5.79. The molecule has 3 N–H and O–H groups in total. The molecule has 0 bridgehead atoms. The van der Waals surface area contributed by atoms with E-state index in [0.29, 0.717) is 31.8 Å². The maximum atomic E-state index is 13.0. The summed E-state index contributed by atoms with van der Waals surface area (Å²) in [7, 11) is 0. The van der Waals surface area contributed by atoms with Crippen LogP contribution in [-0.2, 0) is 23.3 Å². The Morgan fingerprint density at radius 1 is 0.820 bits per heavy atom. The molecule has 50 heavy (non-hydrogen) atoms. The van der Waals surface area contributed by atoms with Gasteiger partial charge in [-0.25, -0.2) is 19.6 Å². The average molecular weight is 665 g/mol. The molecule has 2 aliphatic heterocycles. The van der Waals surface area contributed by atoms with Crippen molar-refractivity contribution >= 4 is 34.3 Å². The zero-order chi connectivity index (χ0) is 34.1. The number of aromatic amines is 2. The minimum Gasteiger partial charge on any atom is -0.465 e. The van der Waals surface area contributed by atoms with Gasteiger partial charge < -0.3 is 19.8 Å². The minimum absolute atomic E-state index is 0.177. The number of rotatable bonds is 6. The van der Waals surface area contributed by atoms with Crippen LogP contribution in [0.25, 0.3) is 22.1 Å². The summed E-state index contributed by atoms with van der Waals surface area (Å²) in [6.45, 7) is 1.33. The molecule has 0 radical (unpaired) electrons. The van der Waals surface area contributed by atoms with Crippen molar-refractivity contribution in [1.82, 2.24) is 29.7 Å². The smallest absolute Gasteiger partial charge is 0.410 e. The van der Waals surface area contributed by atoms with Crippen molar-refractivity contribution in [2.75, 3.05) is 13.1 Å². The third-order valence-corrected chi connectivity index (χ3v) is 9.84. The molecule has 4 heterocycles. The Morgan fingerprint density at radius 3 is 2.34 bits per heavy atom. The number of H-pyrrole nitrogens is 2. The minimum atomic E-state index is -0.936. The van der Waals surface area contributed by atoms with Gasteiger partial charge in [0, 0.05) is 30.6 Å². The fourth-order valence-corrected chi connectivity index (χ4v) is 7.39. The molecule has 2 aromatic heterocycles. The van der Waals surface area contributed by atoms with Crippen LogP contribution in [0.15, 0.2) is 97.1 Å². The van der Waals surface area contributed by atoms with Crippen LogP contribution in [0, 0.1) is 11.8 Å². The van der Waals surface area contributed by atoms with Crippen molar-refractivity contribution in [1.29, 1.82) is 0 Å². The van der Waals surface area contributed by atoms with Crippen molar-refractivity contribution in [3.8, 4) is 11.8 Å². The maximum absolute atomic E-state index is 13.0. The molecule has 0 aliphatic carbocycles. The number of fused-ring (bicyclic) bond motifs is 2. The topological polar surface area (TPSA) is 127 Å². The van der Waals surface area contributed by atoms with Crippen molar-refractivity contribution in [3.63, 3.8) is 0 Å². The lowest BCUT2D eigenvalue weighted by atomic mass is 9.87. The standard InChI is InChI=1S/C40H36N6O4/c47-38(48)46-22-8-20-40(46,25-29-9-3-1-4-10-29)37-43-32-19-17-28(24-34(32)44-37)15-14-27-16-18-31-33(23-27)42-36(41-31)35-13-7-21-45(35)39(49)50-26-30-11-5-2-6-12-30/h1-6,9-12,16-19,23-24,35H,7-8,13,20-22,25-26H2,(H,41,42)(H,43,44)(H,47,48)/t35-,40-/m0/s1. The fourth-order valence-electron chi connectivity index (χ4n) is 7.39. The monoisotopic (exact) mass is 664 g/mol. The molecular formula is C40H36N6O4. The predicted molar refractivity (Wildman–Crippen MR) is 189 cm³/mol. The molecule has 0 unspecified atom stereocenters. The van der Waals surface area contributed by atoms with Crippen LogP contribution in [0.5, 0.6) is 0 Å². The van der Waals surface area contributed by atoms with Crippen LogP contribution in [0.2, 0.25) is 0 Å². The van der Waals surface area contributed by atoms with Crippen molar-refractivity contribution in [2.45, 2.75) is 50.3 Å². The molecule has 6 aromatic rings. The molecule has 10 nitrogen and oxygen atoms in total. The summed E-state index contributed by atoms with van der Waals surface area (Å²) in [5.41, 5.74) is 6.12. The number of nitrogens with zero attached hydrogens (tertiary/aromatic N) is 4. The van der Waals surface area contributed by atoms with E-state index < -0.39 is 11.6 Å². The van der Waals surface area contributed by atoms with Crippen LogP contribution in [-0.4, -0.2) is 60.1 Å². The van der Waals surface area contributed by atoms with Gasteiger partial charge in [-0.05, 0) is 73.2 Å². The SMILES string of the molecule is O=C(OCc1ccccc1)N1CCC[C@H]1c1nc2ccc(C#Cc3ccc4[nH]c([C@@]5(Cc6ccccc6)CCCN5C(=O)O)nc4c3)cc2[nH]1. The number of carbonyl (C=O) groups is 2. The van der Waals surface area contributed by atoms with Crippen molar-refractivity contribution < 1.29 is 19.4 Å². The van der Waals surface area contributed by atoms with E-state index in [-0.39, 0.29) is 18.7 Å². The van der Waals surface area contributed by atoms with Gasteiger partial charge in [-0.3, -0.25) is 9.80 Å². The number of benzene rings is 4. The number of hydrogen-bond donors (Lipinski definition) is 3. The van der Waals surface area contributed by atoms with Crippen molar-refractivity contribution in [3.05, 3.63) is 131 Å². The largest absolute Gasteiger partial charge is 0.465 e. The van der Waals surface area contributed by atoms with Gasteiger partial charge in [-0.2, -0.15) is 0 Å². The number of nitrogens with one attached hydrogen (secondary N) is 2. The van der Waals surface area contributed by atoms with Gasteiger partial charge in [0.2, 0.25) is 0 Å². The van der Waals surface area contributed by atoms with E-state index in [2.05, 4.69) is 21.8 Å². The first-order valence-corrected chi connectivity index (χ1v) is 17.0. The first-order valence-electron chi connectivity index (χ1n) is 17.0. The quantitative estimate of drug-likeness (QED) is 0.158. The van der Waals surface area contributed by atoms with E-state index in [1.54, 1.807) is 4.90 Å². The van der Waals surface area contributed by atoms with E-state index in [1.807, 2.05) is 97.1 Å². The Hall–Kier alpha value is -6.08. The van der Waals surface area contributed by atoms with Crippen LogP contribution in [0.1, 0.15) is 65.6 Å². The third-order valence-electron chi connectivity index (χ3n) is 9.84. The Labute approximate surface area is 289 Å². The number of aromatic nitrogens is 4. The summed E-state index contributed by atoms with van der Waals surface area (Å²) in [4.78, 5) is 45.3. The number of imidazole rings is 2. The van der Waals surface area contributed by atoms with Crippen molar-refractivity contribution in [2.24, 2.45) is 0 Å². The molecule has 8 rings (SSSR count). The first kappa shape index (κ1) is 31.2. The van der Waals surface area contributed by atoms with E-state index in [0.717, 1.165) is 69.4 Å². The highest BCUT2D eigenvalue weighted by Gasteiger charge is 2.47. The van der Waals surface area contributed by atoms with E-state index >= 15 is 0 Å². The molecule has 2 fully saturated rings. The summed E-state index contributed by atoms with van der Waals surface area (Å²) in [6.07, 6.45) is 2.43. The van der Waals surface area contributed by atoms with E-state index in [1.165, 1.54) is 4.90 Å². The van der Waals surface area contributed by atoms with Gasteiger partial charge >= 0.3 is 12.2 Å². The zero-order valence-electron chi connectivity index (χ0n) is 27.4.